The number of carbonyl (C=O) groups excluding carboxylic acids is 1. The van der Waals surface area contributed by atoms with E-state index in [9.17, 15) is 22.4 Å². The van der Waals surface area contributed by atoms with Crippen LogP contribution in [0.25, 0.3) is 10.9 Å². The van der Waals surface area contributed by atoms with Crippen molar-refractivity contribution in [2.75, 3.05) is 0 Å². The summed E-state index contributed by atoms with van der Waals surface area (Å²) in [5, 5.41) is 7.42. The average Bonchev–Trinajstić information content (AvgIpc) is 3.21. The number of pyridine rings is 1. The lowest BCUT2D eigenvalue weighted by atomic mass is 9.93. The third-order valence-corrected chi connectivity index (χ3v) is 5.64. The summed E-state index contributed by atoms with van der Waals surface area (Å²) >= 11 is 0. The third kappa shape index (κ3) is 5.43. The van der Waals surface area contributed by atoms with Crippen molar-refractivity contribution in [1.82, 2.24) is 20.1 Å². The van der Waals surface area contributed by atoms with Crippen LogP contribution in [0.2, 0.25) is 0 Å². The molecule has 3 aromatic rings. The van der Waals surface area contributed by atoms with Crippen LogP contribution >= 0.6 is 0 Å². The van der Waals surface area contributed by atoms with Crippen molar-refractivity contribution in [2.24, 2.45) is 10.9 Å². The van der Waals surface area contributed by atoms with Crippen molar-refractivity contribution >= 4 is 28.2 Å². The summed E-state index contributed by atoms with van der Waals surface area (Å²) in [6.45, 7) is 4.68. The number of aliphatic imine (C=N–C) groups is 1. The molecule has 180 valence electrons. The van der Waals surface area contributed by atoms with Crippen LogP contribution in [-0.4, -0.2) is 32.4 Å². The Kier molecular flexibility index (Phi) is 6.67. The summed E-state index contributed by atoms with van der Waals surface area (Å²) < 4.78 is 55.6. The molecule has 6 nitrogen and oxygen atoms in total. The highest BCUT2D eigenvalue weighted by atomic mass is 19.4. The van der Waals surface area contributed by atoms with Gasteiger partial charge in [0.15, 0.2) is 0 Å². The molecule has 1 N–H and O–H groups in total. The van der Waals surface area contributed by atoms with E-state index in [0.29, 0.717) is 36.7 Å². The maximum atomic E-state index is 13.8. The number of benzene rings is 1. The molecule has 0 saturated heterocycles. The summed E-state index contributed by atoms with van der Waals surface area (Å²) in [6, 6.07) is 5.72. The number of nitrogens with zero attached hydrogens (tertiary/aromatic N) is 4. The minimum absolute atomic E-state index is 0.0220. The third-order valence-electron chi connectivity index (χ3n) is 5.64. The van der Waals surface area contributed by atoms with E-state index in [1.165, 1.54) is 6.07 Å². The molecule has 1 aliphatic carbocycles. The smallest absolute Gasteiger partial charge is 0.348 e. The molecule has 0 aliphatic heterocycles. The molecule has 4 rings (SSSR count). The number of amides is 1. The first-order chi connectivity index (χ1) is 16.1. The van der Waals surface area contributed by atoms with E-state index in [1.54, 1.807) is 16.9 Å². The molecule has 1 saturated carbocycles. The molecule has 1 atom stereocenters. The van der Waals surface area contributed by atoms with Gasteiger partial charge in [-0.3, -0.25) is 14.5 Å². The van der Waals surface area contributed by atoms with Gasteiger partial charge in [-0.05, 0) is 55.5 Å². The van der Waals surface area contributed by atoms with Crippen molar-refractivity contribution in [1.29, 1.82) is 0 Å². The number of hydrogen-bond donors (Lipinski definition) is 1. The molecule has 0 spiro atoms. The molecular formula is C24H25F4N5O. The largest absolute Gasteiger partial charge is 0.433 e. The average molecular weight is 475 g/mol. The van der Waals surface area contributed by atoms with Crippen molar-refractivity contribution < 1.29 is 22.4 Å². The van der Waals surface area contributed by atoms with Gasteiger partial charge in [-0.1, -0.05) is 13.8 Å². The second-order valence-electron chi connectivity index (χ2n) is 8.92. The van der Waals surface area contributed by atoms with Gasteiger partial charge in [-0.2, -0.15) is 18.3 Å². The molecule has 2 heterocycles. The lowest BCUT2D eigenvalue weighted by molar-refractivity contribution is -0.140. The van der Waals surface area contributed by atoms with Gasteiger partial charge in [0, 0.05) is 36.3 Å². The molecule has 34 heavy (non-hydrogen) atoms. The maximum absolute atomic E-state index is 13.8. The number of aromatic nitrogens is 3. The van der Waals surface area contributed by atoms with Gasteiger partial charge in [0.2, 0.25) is 0 Å². The van der Waals surface area contributed by atoms with Crippen LogP contribution in [0.1, 0.15) is 55.7 Å². The van der Waals surface area contributed by atoms with Crippen LogP contribution in [-0.2, 0) is 12.7 Å². The minimum atomic E-state index is -4.65. The highest BCUT2D eigenvalue weighted by Gasteiger charge is 2.33. The van der Waals surface area contributed by atoms with Gasteiger partial charge < -0.3 is 5.32 Å². The van der Waals surface area contributed by atoms with E-state index in [2.05, 4.69) is 20.4 Å². The van der Waals surface area contributed by atoms with E-state index in [0.717, 1.165) is 31.0 Å². The standard InChI is InChI=1S/C24H25F4N5O/c1-14(2)13-33-21(8-9-29-33)23(34)31-17-5-3-4-16(11-17)30-20-12-22(24(26,27)28)32-19-7-6-15(25)10-18(19)20/h6-10,12,14,17H,3-5,11,13H2,1-2H3,(H,31,34). The van der Waals surface area contributed by atoms with Gasteiger partial charge in [-0.25, -0.2) is 9.37 Å². The first kappa shape index (κ1) is 23.8. The van der Waals surface area contributed by atoms with Crippen LogP contribution in [0.5, 0.6) is 0 Å². The SMILES string of the molecule is CC(C)Cn1nccc1C(=O)NC1CCCC(=Nc2cc(C(F)(F)F)nc3ccc(F)cc23)C1. The van der Waals surface area contributed by atoms with Gasteiger partial charge in [0.05, 0.1) is 11.2 Å². The zero-order chi connectivity index (χ0) is 24.5. The Morgan fingerprint density at radius 1 is 1.26 bits per heavy atom. The van der Waals surface area contributed by atoms with Crippen LogP contribution in [0.4, 0.5) is 23.2 Å². The Labute approximate surface area is 194 Å². The van der Waals surface area contributed by atoms with Crippen molar-refractivity contribution in [3.8, 4) is 0 Å². The number of carbonyl (C=O) groups is 1. The Hall–Kier alpha value is -3.30. The van der Waals surface area contributed by atoms with Gasteiger partial charge in [0.25, 0.3) is 5.91 Å². The van der Waals surface area contributed by atoms with Gasteiger partial charge >= 0.3 is 6.18 Å². The predicted molar refractivity (Wildman–Crippen MR) is 121 cm³/mol. The summed E-state index contributed by atoms with van der Waals surface area (Å²) in [7, 11) is 0. The van der Waals surface area contributed by atoms with Crippen molar-refractivity contribution in [2.45, 2.75) is 58.3 Å². The fraction of sp³-hybridized carbons (Fsp3) is 0.417. The fourth-order valence-electron chi connectivity index (χ4n) is 4.13. The van der Waals surface area contributed by atoms with Crippen LogP contribution in [0.3, 0.4) is 0 Å². The minimum Gasteiger partial charge on any atom is -0.348 e. The highest BCUT2D eigenvalue weighted by Crippen LogP contribution is 2.35. The molecule has 1 aromatic carbocycles. The number of alkyl halides is 3. The van der Waals surface area contributed by atoms with Crippen LogP contribution in [0.15, 0.2) is 41.5 Å². The van der Waals surface area contributed by atoms with Crippen LogP contribution < -0.4 is 5.32 Å². The van der Waals surface area contributed by atoms with Crippen molar-refractivity contribution in [3.63, 3.8) is 0 Å². The zero-order valence-electron chi connectivity index (χ0n) is 18.9. The molecular weight excluding hydrogens is 450 g/mol. The van der Waals surface area contributed by atoms with Gasteiger partial charge in [0.1, 0.15) is 17.2 Å². The molecule has 0 bridgehead atoms. The second kappa shape index (κ2) is 9.52. The van der Waals surface area contributed by atoms with E-state index < -0.39 is 17.7 Å². The predicted octanol–water partition coefficient (Wildman–Crippen LogP) is 5.69. The number of nitrogens with one attached hydrogen (secondary N) is 1. The first-order valence-electron chi connectivity index (χ1n) is 11.2. The quantitative estimate of drug-likeness (QED) is 0.482. The summed E-state index contributed by atoms with van der Waals surface area (Å²) in [5.74, 6) is -0.510. The Morgan fingerprint density at radius 3 is 2.79 bits per heavy atom. The molecule has 0 radical (unpaired) electrons. The topological polar surface area (TPSA) is 72.2 Å². The molecule has 10 heteroatoms. The number of hydrogen-bond acceptors (Lipinski definition) is 4. The summed E-state index contributed by atoms with van der Waals surface area (Å²) in [5.41, 5.74) is 0.0776. The highest BCUT2D eigenvalue weighted by molar-refractivity contribution is 5.97. The van der Waals surface area contributed by atoms with Crippen molar-refractivity contribution in [3.05, 3.63) is 53.7 Å². The van der Waals surface area contributed by atoms with Gasteiger partial charge in [-0.15, -0.1) is 0 Å². The van der Waals surface area contributed by atoms with E-state index in [4.69, 9.17) is 0 Å². The Bertz CT molecular complexity index is 1230. The Morgan fingerprint density at radius 2 is 2.06 bits per heavy atom. The lowest BCUT2D eigenvalue weighted by Gasteiger charge is -2.25. The normalized spacial score (nSPS) is 18.1. The molecule has 1 fully saturated rings. The second-order valence-corrected chi connectivity index (χ2v) is 8.92. The van der Waals surface area contributed by atoms with Crippen LogP contribution in [0, 0.1) is 11.7 Å². The molecule has 1 amide bonds. The Balaban J connectivity index is 1.58. The number of fused-ring (bicyclic) bond motifs is 1. The van der Waals surface area contributed by atoms with E-state index in [-0.39, 0.29) is 28.5 Å². The monoisotopic (exact) mass is 475 g/mol. The number of halogens is 4. The zero-order valence-corrected chi connectivity index (χ0v) is 18.9. The van der Waals surface area contributed by atoms with E-state index >= 15 is 0 Å². The summed E-state index contributed by atoms with van der Waals surface area (Å²) in [6.07, 6.45) is -0.652. The lowest BCUT2D eigenvalue weighted by Crippen LogP contribution is -2.39. The maximum Gasteiger partial charge on any atom is 0.433 e. The number of rotatable bonds is 5. The first-order valence-corrected chi connectivity index (χ1v) is 11.2. The van der Waals surface area contributed by atoms with E-state index in [1.807, 2.05) is 13.8 Å². The molecule has 2 aromatic heterocycles. The molecule has 1 aliphatic rings. The molecule has 1 unspecified atom stereocenters. The fourth-order valence-corrected chi connectivity index (χ4v) is 4.13. The summed E-state index contributed by atoms with van der Waals surface area (Å²) in [4.78, 5) is 20.9.